The number of hydrogen-bond donors (Lipinski definition) is 2. The fourth-order valence-corrected chi connectivity index (χ4v) is 2.76. The second-order valence-corrected chi connectivity index (χ2v) is 5.29. The van der Waals surface area contributed by atoms with E-state index in [1.54, 1.807) is 20.4 Å². The van der Waals surface area contributed by atoms with Crippen LogP contribution >= 0.6 is 15.9 Å². The summed E-state index contributed by atoms with van der Waals surface area (Å²) < 4.78 is 13.3. The molecule has 1 heterocycles. The molecule has 0 aliphatic heterocycles. The van der Waals surface area contributed by atoms with Crippen LogP contribution in [-0.4, -0.2) is 30.6 Å². The quantitative estimate of drug-likeness (QED) is 0.586. The predicted molar refractivity (Wildman–Crippen MR) is 84.0 cm³/mol. The molecule has 0 radical (unpaired) electrons. The number of para-hydroxylation sites is 1. The summed E-state index contributed by atoms with van der Waals surface area (Å²) in [6.07, 6.45) is 1.75. The van der Waals surface area contributed by atoms with Gasteiger partial charge in [-0.25, -0.2) is 5.43 Å². The average Bonchev–Trinajstić information content (AvgIpc) is 2.88. The standard InChI is InChI=1S/C14H19BrN4O2/c1-20-8-7-19-14(11(15)9-17-19)13(18-16)10-5-3-4-6-12(10)21-2/h3-6,9,13,18H,7-8,16H2,1-2H3. The van der Waals surface area contributed by atoms with E-state index in [0.717, 1.165) is 21.5 Å². The number of ether oxygens (including phenoxy) is 2. The van der Waals surface area contributed by atoms with Gasteiger partial charge in [-0.3, -0.25) is 10.5 Å². The summed E-state index contributed by atoms with van der Waals surface area (Å²) in [5, 5.41) is 4.36. The molecule has 0 bridgehead atoms. The number of hydrogen-bond acceptors (Lipinski definition) is 5. The number of aromatic nitrogens is 2. The third-order valence-electron chi connectivity index (χ3n) is 3.23. The Labute approximate surface area is 132 Å². The largest absolute Gasteiger partial charge is 0.496 e. The second kappa shape index (κ2) is 7.56. The Morgan fingerprint density at radius 2 is 2.14 bits per heavy atom. The summed E-state index contributed by atoms with van der Waals surface area (Å²) >= 11 is 3.53. The van der Waals surface area contributed by atoms with Gasteiger partial charge in [-0.1, -0.05) is 18.2 Å². The highest BCUT2D eigenvalue weighted by Crippen LogP contribution is 2.33. The maximum Gasteiger partial charge on any atom is 0.124 e. The number of methoxy groups -OCH3 is 2. The summed E-state index contributed by atoms with van der Waals surface area (Å²) in [5.74, 6) is 6.56. The van der Waals surface area contributed by atoms with E-state index in [2.05, 4.69) is 26.5 Å². The number of nitrogens with two attached hydrogens (primary N) is 1. The zero-order valence-corrected chi connectivity index (χ0v) is 13.6. The molecule has 0 saturated heterocycles. The highest BCUT2D eigenvalue weighted by molar-refractivity contribution is 9.10. The molecule has 2 rings (SSSR count). The van der Waals surface area contributed by atoms with Crippen LogP contribution in [0.1, 0.15) is 17.3 Å². The van der Waals surface area contributed by atoms with Crippen molar-refractivity contribution in [2.75, 3.05) is 20.8 Å². The first-order valence-electron chi connectivity index (χ1n) is 6.52. The summed E-state index contributed by atoms with van der Waals surface area (Å²) in [6.45, 7) is 1.22. The maximum absolute atomic E-state index is 5.79. The van der Waals surface area contributed by atoms with Crippen molar-refractivity contribution >= 4 is 15.9 Å². The minimum atomic E-state index is -0.241. The van der Waals surface area contributed by atoms with Gasteiger partial charge in [-0.05, 0) is 22.0 Å². The molecule has 2 aromatic rings. The zero-order chi connectivity index (χ0) is 15.2. The van der Waals surface area contributed by atoms with Crippen molar-refractivity contribution in [3.05, 3.63) is 46.2 Å². The topological polar surface area (TPSA) is 74.3 Å². The molecule has 1 aromatic carbocycles. The molecule has 21 heavy (non-hydrogen) atoms. The summed E-state index contributed by atoms with van der Waals surface area (Å²) in [4.78, 5) is 0. The third-order valence-corrected chi connectivity index (χ3v) is 3.84. The molecule has 114 valence electrons. The van der Waals surface area contributed by atoms with Crippen LogP contribution in [0, 0.1) is 0 Å². The van der Waals surface area contributed by atoms with Gasteiger partial charge in [0, 0.05) is 12.7 Å². The lowest BCUT2D eigenvalue weighted by atomic mass is 10.0. The van der Waals surface area contributed by atoms with Gasteiger partial charge in [0.05, 0.1) is 42.7 Å². The normalized spacial score (nSPS) is 12.4. The van der Waals surface area contributed by atoms with Crippen molar-refractivity contribution in [1.82, 2.24) is 15.2 Å². The number of halogens is 1. The first-order valence-corrected chi connectivity index (χ1v) is 7.31. The van der Waals surface area contributed by atoms with Gasteiger partial charge >= 0.3 is 0 Å². The lowest BCUT2D eigenvalue weighted by molar-refractivity contribution is 0.182. The van der Waals surface area contributed by atoms with E-state index in [4.69, 9.17) is 15.3 Å². The van der Waals surface area contributed by atoms with Crippen molar-refractivity contribution in [3.63, 3.8) is 0 Å². The molecule has 0 amide bonds. The van der Waals surface area contributed by atoms with Gasteiger partial charge in [0.2, 0.25) is 0 Å². The number of benzene rings is 1. The van der Waals surface area contributed by atoms with Crippen LogP contribution in [0.2, 0.25) is 0 Å². The highest BCUT2D eigenvalue weighted by Gasteiger charge is 2.23. The minimum absolute atomic E-state index is 0.241. The van der Waals surface area contributed by atoms with Crippen LogP contribution in [0.3, 0.4) is 0 Å². The number of hydrazine groups is 1. The highest BCUT2D eigenvalue weighted by atomic mass is 79.9. The van der Waals surface area contributed by atoms with Gasteiger partial charge in [0.15, 0.2) is 0 Å². The molecule has 0 aliphatic rings. The van der Waals surface area contributed by atoms with Crippen LogP contribution in [0.25, 0.3) is 0 Å². The van der Waals surface area contributed by atoms with Crippen molar-refractivity contribution in [3.8, 4) is 5.75 Å². The Kier molecular flexibility index (Phi) is 5.75. The van der Waals surface area contributed by atoms with Crippen LogP contribution in [0.5, 0.6) is 5.75 Å². The minimum Gasteiger partial charge on any atom is -0.496 e. The van der Waals surface area contributed by atoms with E-state index in [9.17, 15) is 0 Å². The molecule has 0 fully saturated rings. The lowest BCUT2D eigenvalue weighted by Gasteiger charge is -2.21. The molecular formula is C14H19BrN4O2. The number of nitrogens with zero attached hydrogens (tertiary/aromatic N) is 2. The van der Waals surface area contributed by atoms with E-state index in [0.29, 0.717) is 13.2 Å². The van der Waals surface area contributed by atoms with Crippen LogP contribution in [-0.2, 0) is 11.3 Å². The summed E-state index contributed by atoms with van der Waals surface area (Å²) in [7, 11) is 3.31. The van der Waals surface area contributed by atoms with E-state index in [-0.39, 0.29) is 6.04 Å². The summed E-state index contributed by atoms with van der Waals surface area (Å²) in [5.41, 5.74) is 4.72. The predicted octanol–water partition coefficient (Wildman–Crippen LogP) is 1.85. The smallest absolute Gasteiger partial charge is 0.124 e. The van der Waals surface area contributed by atoms with Crippen LogP contribution in [0.4, 0.5) is 0 Å². The van der Waals surface area contributed by atoms with E-state index in [1.165, 1.54) is 0 Å². The van der Waals surface area contributed by atoms with Crippen molar-refractivity contribution in [2.24, 2.45) is 5.84 Å². The van der Waals surface area contributed by atoms with Crippen LogP contribution in [0.15, 0.2) is 34.9 Å². The van der Waals surface area contributed by atoms with E-state index in [1.807, 2.05) is 28.9 Å². The Morgan fingerprint density at radius 3 is 2.81 bits per heavy atom. The van der Waals surface area contributed by atoms with Crippen LogP contribution < -0.4 is 16.0 Å². The molecule has 1 unspecified atom stereocenters. The molecule has 3 N–H and O–H groups in total. The Hall–Kier alpha value is -1.41. The molecule has 7 heteroatoms. The average molecular weight is 355 g/mol. The molecule has 1 aromatic heterocycles. The monoisotopic (exact) mass is 354 g/mol. The zero-order valence-electron chi connectivity index (χ0n) is 12.0. The van der Waals surface area contributed by atoms with Crippen molar-refractivity contribution in [1.29, 1.82) is 0 Å². The Bertz CT molecular complexity index is 588. The Balaban J connectivity index is 2.44. The molecule has 1 atom stereocenters. The van der Waals surface area contributed by atoms with Gasteiger partial charge in [-0.2, -0.15) is 5.10 Å². The van der Waals surface area contributed by atoms with Gasteiger partial charge < -0.3 is 9.47 Å². The molecular weight excluding hydrogens is 336 g/mol. The van der Waals surface area contributed by atoms with Gasteiger partial charge in [0.25, 0.3) is 0 Å². The fraction of sp³-hybridized carbons (Fsp3) is 0.357. The first-order chi connectivity index (χ1) is 10.2. The first kappa shape index (κ1) is 16.0. The van der Waals surface area contributed by atoms with E-state index < -0.39 is 0 Å². The third kappa shape index (κ3) is 3.44. The molecule has 6 nitrogen and oxygen atoms in total. The molecule has 0 saturated carbocycles. The molecule has 0 spiro atoms. The Morgan fingerprint density at radius 1 is 1.38 bits per heavy atom. The fourth-order valence-electron chi connectivity index (χ4n) is 2.24. The molecule has 0 aliphatic carbocycles. The van der Waals surface area contributed by atoms with Gasteiger partial charge in [-0.15, -0.1) is 0 Å². The van der Waals surface area contributed by atoms with E-state index >= 15 is 0 Å². The number of rotatable bonds is 7. The van der Waals surface area contributed by atoms with Crippen molar-refractivity contribution in [2.45, 2.75) is 12.6 Å². The van der Waals surface area contributed by atoms with Gasteiger partial charge in [0.1, 0.15) is 5.75 Å². The SMILES string of the molecule is COCCn1ncc(Br)c1C(NN)c1ccccc1OC. The lowest BCUT2D eigenvalue weighted by Crippen LogP contribution is -2.31. The maximum atomic E-state index is 5.79. The second-order valence-electron chi connectivity index (χ2n) is 4.44. The number of nitrogens with one attached hydrogen (secondary N) is 1. The van der Waals surface area contributed by atoms with Crippen molar-refractivity contribution < 1.29 is 9.47 Å². The summed E-state index contributed by atoms with van der Waals surface area (Å²) in [6, 6.07) is 7.52.